The molecule has 0 fully saturated rings. The Bertz CT molecular complexity index is 887. The minimum absolute atomic E-state index is 0.165. The molecule has 0 saturated heterocycles. The number of nitrogens with zero attached hydrogens (tertiary/aromatic N) is 1. The van der Waals surface area contributed by atoms with Crippen molar-refractivity contribution in [3.05, 3.63) is 71.1 Å². The van der Waals surface area contributed by atoms with Gasteiger partial charge >= 0.3 is 0 Å². The molecule has 1 heterocycles. The number of hydrogen-bond acceptors (Lipinski definition) is 6. The fraction of sp³-hybridized carbons (Fsp3) is 0.0526. The van der Waals surface area contributed by atoms with Gasteiger partial charge < -0.3 is 15.8 Å². The second kappa shape index (κ2) is 7.63. The third-order valence-electron chi connectivity index (χ3n) is 3.45. The molecule has 0 atom stereocenters. The Hall–Kier alpha value is -3.12. The van der Waals surface area contributed by atoms with Gasteiger partial charge in [0.2, 0.25) is 0 Å². The summed E-state index contributed by atoms with van der Waals surface area (Å²) in [6, 6.07) is 17.0. The highest BCUT2D eigenvalue weighted by Gasteiger charge is 2.14. The first kappa shape index (κ1) is 16.7. The summed E-state index contributed by atoms with van der Waals surface area (Å²) in [5, 5.41) is 3.71. The van der Waals surface area contributed by atoms with E-state index < -0.39 is 0 Å². The molecule has 0 aliphatic rings. The van der Waals surface area contributed by atoms with Gasteiger partial charge in [-0.2, -0.15) is 0 Å². The number of nitrogens with two attached hydrogens (primary N) is 1. The van der Waals surface area contributed by atoms with Crippen molar-refractivity contribution >= 4 is 39.8 Å². The molecule has 0 unspecified atom stereocenters. The molecule has 3 N–H and O–H groups in total. The SMILES string of the molecule is COc1ccc(Nc2nc(N)c(C(=O)/C=C/c3ccccc3)s2)cc1. The van der Waals surface area contributed by atoms with Gasteiger partial charge in [-0.1, -0.05) is 47.7 Å². The standard InChI is InChI=1S/C19H17N3O2S/c1-24-15-10-8-14(9-11-15)21-19-22-18(20)17(25-19)16(23)12-7-13-5-3-2-4-6-13/h2-12H,20H2,1H3,(H,21,22)/b12-7+. The van der Waals surface area contributed by atoms with Crippen molar-refractivity contribution in [3.63, 3.8) is 0 Å². The van der Waals surface area contributed by atoms with Crippen molar-refractivity contribution in [2.45, 2.75) is 0 Å². The van der Waals surface area contributed by atoms with E-state index in [2.05, 4.69) is 10.3 Å². The molecule has 2 aromatic carbocycles. The number of nitrogens with one attached hydrogen (secondary N) is 1. The van der Waals surface area contributed by atoms with E-state index >= 15 is 0 Å². The normalized spacial score (nSPS) is 10.8. The smallest absolute Gasteiger partial charge is 0.199 e. The first-order valence-electron chi connectivity index (χ1n) is 7.60. The molecule has 0 radical (unpaired) electrons. The van der Waals surface area contributed by atoms with Crippen molar-refractivity contribution in [2.24, 2.45) is 0 Å². The maximum Gasteiger partial charge on any atom is 0.199 e. The van der Waals surface area contributed by atoms with Gasteiger partial charge in [-0.15, -0.1) is 0 Å². The number of ether oxygens (including phenoxy) is 1. The number of anilines is 3. The molecule has 6 heteroatoms. The number of carbonyl (C=O) groups excluding carboxylic acids is 1. The van der Waals surface area contributed by atoms with Crippen LogP contribution in [0.2, 0.25) is 0 Å². The van der Waals surface area contributed by atoms with E-state index in [1.165, 1.54) is 17.4 Å². The van der Waals surface area contributed by atoms with Crippen molar-refractivity contribution in [3.8, 4) is 5.75 Å². The molecule has 0 bridgehead atoms. The number of ketones is 1. The monoisotopic (exact) mass is 351 g/mol. The molecule has 3 aromatic rings. The number of aromatic nitrogens is 1. The highest BCUT2D eigenvalue weighted by atomic mass is 32.1. The number of carbonyl (C=O) groups is 1. The number of rotatable bonds is 6. The van der Waals surface area contributed by atoms with Crippen molar-refractivity contribution in [1.29, 1.82) is 0 Å². The lowest BCUT2D eigenvalue weighted by Crippen LogP contribution is -1.97. The predicted molar refractivity (Wildman–Crippen MR) is 103 cm³/mol. The molecular formula is C19H17N3O2S. The van der Waals surface area contributed by atoms with Crippen LogP contribution in [-0.4, -0.2) is 17.9 Å². The van der Waals surface area contributed by atoms with E-state index in [0.717, 1.165) is 17.0 Å². The Morgan fingerprint density at radius 3 is 2.56 bits per heavy atom. The summed E-state index contributed by atoms with van der Waals surface area (Å²) < 4.78 is 5.12. The highest BCUT2D eigenvalue weighted by Crippen LogP contribution is 2.29. The zero-order valence-corrected chi connectivity index (χ0v) is 14.4. The summed E-state index contributed by atoms with van der Waals surface area (Å²) in [6.45, 7) is 0. The van der Waals surface area contributed by atoms with Crippen LogP contribution in [0.4, 0.5) is 16.6 Å². The van der Waals surface area contributed by atoms with Gasteiger partial charge in [0.25, 0.3) is 0 Å². The molecule has 1 aromatic heterocycles. The van der Waals surface area contributed by atoms with Crippen LogP contribution < -0.4 is 15.8 Å². The van der Waals surface area contributed by atoms with E-state index in [0.29, 0.717) is 10.0 Å². The van der Waals surface area contributed by atoms with Gasteiger partial charge in [-0.25, -0.2) is 4.98 Å². The highest BCUT2D eigenvalue weighted by molar-refractivity contribution is 7.18. The quantitative estimate of drug-likeness (QED) is 0.509. The third-order valence-corrected chi connectivity index (χ3v) is 4.45. The molecule has 0 amide bonds. The van der Waals surface area contributed by atoms with E-state index in [9.17, 15) is 4.79 Å². The van der Waals surface area contributed by atoms with Crippen molar-refractivity contribution < 1.29 is 9.53 Å². The van der Waals surface area contributed by atoms with Gasteiger partial charge in [-0.3, -0.25) is 4.79 Å². The van der Waals surface area contributed by atoms with Crippen LogP contribution in [0.1, 0.15) is 15.2 Å². The van der Waals surface area contributed by atoms with Gasteiger partial charge in [0.05, 0.1) is 7.11 Å². The average molecular weight is 351 g/mol. The number of allylic oxidation sites excluding steroid dienone is 1. The summed E-state index contributed by atoms with van der Waals surface area (Å²) in [5.41, 5.74) is 7.69. The molecule has 126 valence electrons. The lowest BCUT2D eigenvalue weighted by Gasteiger charge is -2.03. The number of thiazole rings is 1. The Morgan fingerprint density at radius 1 is 1.16 bits per heavy atom. The topological polar surface area (TPSA) is 77.2 Å². The summed E-state index contributed by atoms with van der Waals surface area (Å²) in [4.78, 5) is 17.0. The average Bonchev–Trinajstić information content (AvgIpc) is 3.01. The molecule has 25 heavy (non-hydrogen) atoms. The molecule has 3 rings (SSSR count). The lowest BCUT2D eigenvalue weighted by atomic mass is 10.2. The summed E-state index contributed by atoms with van der Waals surface area (Å²) >= 11 is 1.23. The maximum absolute atomic E-state index is 12.3. The Balaban J connectivity index is 1.73. The van der Waals surface area contributed by atoms with E-state index in [1.54, 1.807) is 13.2 Å². The summed E-state index contributed by atoms with van der Waals surface area (Å²) in [6.07, 6.45) is 3.27. The first-order chi connectivity index (χ1) is 12.2. The molecule has 0 aliphatic heterocycles. The largest absolute Gasteiger partial charge is 0.497 e. The number of hydrogen-bond donors (Lipinski definition) is 2. The van der Waals surface area contributed by atoms with Crippen LogP contribution in [0.25, 0.3) is 6.08 Å². The van der Waals surface area contributed by atoms with Crippen LogP contribution >= 0.6 is 11.3 Å². The van der Waals surface area contributed by atoms with Crippen molar-refractivity contribution in [1.82, 2.24) is 4.98 Å². The van der Waals surface area contributed by atoms with Crippen LogP contribution in [-0.2, 0) is 0 Å². The Labute approximate surface area is 149 Å². The van der Waals surface area contributed by atoms with Gasteiger partial charge in [-0.05, 0) is 35.9 Å². The second-order valence-corrected chi connectivity index (χ2v) is 6.19. The van der Waals surface area contributed by atoms with Crippen LogP contribution in [0.15, 0.2) is 60.7 Å². The molecular weight excluding hydrogens is 334 g/mol. The van der Waals surface area contributed by atoms with Gasteiger partial charge in [0.1, 0.15) is 16.4 Å². The summed E-state index contributed by atoms with van der Waals surface area (Å²) in [7, 11) is 1.62. The van der Waals surface area contributed by atoms with E-state index in [1.807, 2.05) is 54.6 Å². The molecule has 5 nitrogen and oxygen atoms in total. The van der Waals surface area contributed by atoms with E-state index in [-0.39, 0.29) is 11.6 Å². The first-order valence-corrected chi connectivity index (χ1v) is 8.42. The molecule has 0 saturated carbocycles. The zero-order chi connectivity index (χ0) is 17.6. The van der Waals surface area contributed by atoms with Gasteiger partial charge in [0, 0.05) is 5.69 Å². The zero-order valence-electron chi connectivity index (χ0n) is 13.6. The van der Waals surface area contributed by atoms with Gasteiger partial charge in [0.15, 0.2) is 10.9 Å². The van der Waals surface area contributed by atoms with Crippen LogP contribution in [0.5, 0.6) is 5.75 Å². The van der Waals surface area contributed by atoms with Crippen LogP contribution in [0.3, 0.4) is 0 Å². The Morgan fingerprint density at radius 2 is 1.88 bits per heavy atom. The maximum atomic E-state index is 12.3. The van der Waals surface area contributed by atoms with E-state index in [4.69, 9.17) is 10.5 Å². The molecule has 0 spiro atoms. The minimum atomic E-state index is -0.165. The lowest BCUT2D eigenvalue weighted by molar-refractivity contribution is 0.105. The fourth-order valence-electron chi connectivity index (χ4n) is 2.17. The molecule has 0 aliphatic carbocycles. The van der Waals surface area contributed by atoms with Crippen LogP contribution in [0, 0.1) is 0 Å². The second-order valence-electron chi connectivity index (χ2n) is 5.20. The number of nitrogen functional groups attached to an aromatic ring is 1. The summed E-state index contributed by atoms with van der Waals surface area (Å²) in [5.74, 6) is 0.830. The predicted octanol–water partition coefficient (Wildman–Crippen LogP) is 4.37. The fourth-order valence-corrected chi connectivity index (χ4v) is 3.00. The Kier molecular flexibility index (Phi) is 5.11. The van der Waals surface area contributed by atoms with Crippen molar-refractivity contribution in [2.75, 3.05) is 18.2 Å². The third kappa shape index (κ3) is 4.24. The minimum Gasteiger partial charge on any atom is -0.497 e. The number of benzene rings is 2. The number of methoxy groups -OCH3 is 1.